The van der Waals surface area contributed by atoms with Gasteiger partial charge in [0.05, 0.1) is 18.8 Å². The lowest BCUT2D eigenvalue weighted by Crippen LogP contribution is -2.01. The molecule has 4 heteroatoms. The Kier molecular flexibility index (Phi) is 4.68. The van der Waals surface area contributed by atoms with Gasteiger partial charge >= 0.3 is 0 Å². The van der Waals surface area contributed by atoms with Crippen molar-refractivity contribution in [2.24, 2.45) is 5.92 Å². The smallest absolute Gasteiger partial charge is 0.138 e. The van der Waals surface area contributed by atoms with E-state index in [9.17, 15) is 9.50 Å². The van der Waals surface area contributed by atoms with Gasteiger partial charge in [0.15, 0.2) is 0 Å². The van der Waals surface area contributed by atoms with Crippen LogP contribution in [0.3, 0.4) is 0 Å². The summed E-state index contributed by atoms with van der Waals surface area (Å²) in [6.45, 7) is 5.93. The molecule has 3 nitrogen and oxygen atoms in total. The van der Waals surface area contributed by atoms with E-state index in [2.05, 4.69) is 13.8 Å². The van der Waals surface area contributed by atoms with Crippen LogP contribution in [0.25, 0.3) is 11.3 Å². The number of aliphatic hydroxyl groups is 1. The quantitative estimate of drug-likeness (QED) is 0.883. The Morgan fingerprint density at radius 3 is 2.62 bits per heavy atom. The summed E-state index contributed by atoms with van der Waals surface area (Å²) in [5.41, 5.74) is 1.44. The van der Waals surface area contributed by atoms with Crippen LogP contribution in [0.5, 0.6) is 5.75 Å². The summed E-state index contributed by atoms with van der Waals surface area (Å²) >= 11 is 0. The molecule has 1 unspecified atom stereocenters. The van der Waals surface area contributed by atoms with Crippen molar-refractivity contribution in [1.29, 1.82) is 0 Å². The van der Waals surface area contributed by atoms with Gasteiger partial charge in [0.25, 0.3) is 0 Å². The van der Waals surface area contributed by atoms with Gasteiger partial charge in [0, 0.05) is 11.6 Å². The number of hydrogen-bond acceptors (Lipinski definition) is 3. The van der Waals surface area contributed by atoms with E-state index in [1.54, 1.807) is 12.1 Å². The van der Waals surface area contributed by atoms with Gasteiger partial charge in [0.1, 0.15) is 23.1 Å². The van der Waals surface area contributed by atoms with Crippen molar-refractivity contribution >= 4 is 0 Å². The first-order chi connectivity index (χ1) is 9.92. The molecule has 1 N–H and O–H groups in total. The van der Waals surface area contributed by atoms with Crippen molar-refractivity contribution in [1.82, 2.24) is 0 Å². The number of furan rings is 1. The molecule has 1 aromatic heterocycles. The average Bonchev–Trinajstić information content (AvgIpc) is 2.79. The van der Waals surface area contributed by atoms with Crippen LogP contribution in [0.1, 0.15) is 37.7 Å². The van der Waals surface area contributed by atoms with E-state index in [0.29, 0.717) is 35.2 Å². The molecular weight excluding hydrogens is 271 g/mol. The molecule has 114 valence electrons. The highest BCUT2D eigenvalue weighted by Crippen LogP contribution is 2.36. The third kappa shape index (κ3) is 3.45. The first-order valence-corrected chi connectivity index (χ1v) is 7.04. The molecule has 0 aliphatic heterocycles. The largest absolute Gasteiger partial charge is 0.496 e. The minimum Gasteiger partial charge on any atom is -0.496 e. The molecule has 0 radical (unpaired) electrons. The lowest BCUT2D eigenvalue weighted by Gasteiger charge is -2.11. The summed E-state index contributed by atoms with van der Waals surface area (Å²) in [4.78, 5) is 0. The third-order valence-corrected chi connectivity index (χ3v) is 3.44. The fourth-order valence-electron chi connectivity index (χ4n) is 2.40. The molecule has 0 bridgehead atoms. The highest BCUT2D eigenvalue weighted by molar-refractivity contribution is 5.67. The average molecular weight is 292 g/mol. The molecule has 0 fully saturated rings. The topological polar surface area (TPSA) is 42.6 Å². The molecule has 1 heterocycles. The number of ether oxygens (including phenoxy) is 1. The lowest BCUT2D eigenvalue weighted by atomic mass is 9.99. The number of aryl methyl sites for hydroxylation is 1. The minimum atomic E-state index is -0.561. The highest BCUT2D eigenvalue weighted by Gasteiger charge is 2.19. The van der Waals surface area contributed by atoms with Crippen LogP contribution in [0, 0.1) is 18.7 Å². The van der Waals surface area contributed by atoms with Crippen LogP contribution < -0.4 is 4.74 Å². The summed E-state index contributed by atoms with van der Waals surface area (Å²) in [7, 11) is 1.49. The first kappa shape index (κ1) is 15.6. The molecule has 0 saturated heterocycles. The number of halogens is 1. The third-order valence-electron chi connectivity index (χ3n) is 3.44. The maximum atomic E-state index is 13.3. The second kappa shape index (κ2) is 6.31. The summed E-state index contributed by atoms with van der Waals surface area (Å²) in [6, 6.07) is 6.10. The number of rotatable bonds is 5. The zero-order valence-electron chi connectivity index (χ0n) is 12.8. The van der Waals surface area contributed by atoms with Crippen molar-refractivity contribution in [3.63, 3.8) is 0 Å². The van der Waals surface area contributed by atoms with Gasteiger partial charge in [-0.2, -0.15) is 0 Å². The Bertz CT molecular complexity index is 616. The number of hydrogen-bond donors (Lipinski definition) is 1. The summed E-state index contributed by atoms with van der Waals surface area (Å²) in [6.07, 6.45) is 0.106. The maximum absolute atomic E-state index is 13.3. The second-order valence-electron chi connectivity index (χ2n) is 5.61. The van der Waals surface area contributed by atoms with Crippen LogP contribution in [0.4, 0.5) is 4.39 Å². The standard InChI is InChI=1S/C17H21FO3/c1-10(2)7-15(19)14-9-17(21-11(14)3)13-6-5-12(18)8-16(13)20-4/h5-6,8-10,15,19H,7H2,1-4H3. The molecule has 2 rings (SSSR count). The Labute approximate surface area is 124 Å². The van der Waals surface area contributed by atoms with Gasteiger partial charge in [-0.25, -0.2) is 4.39 Å². The first-order valence-electron chi connectivity index (χ1n) is 7.04. The van der Waals surface area contributed by atoms with Crippen molar-refractivity contribution in [2.75, 3.05) is 7.11 Å². The van der Waals surface area contributed by atoms with Gasteiger partial charge in [-0.3, -0.25) is 0 Å². The van der Waals surface area contributed by atoms with E-state index in [-0.39, 0.29) is 5.82 Å². The molecule has 0 aliphatic carbocycles. The molecule has 0 spiro atoms. The molecule has 1 atom stereocenters. The Balaban J connectivity index is 2.38. The van der Waals surface area contributed by atoms with E-state index < -0.39 is 6.10 Å². The molecule has 21 heavy (non-hydrogen) atoms. The van der Waals surface area contributed by atoms with Crippen LogP contribution in [-0.2, 0) is 0 Å². The monoisotopic (exact) mass is 292 g/mol. The number of methoxy groups -OCH3 is 1. The van der Waals surface area contributed by atoms with E-state index in [1.165, 1.54) is 19.2 Å². The molecule has 0 saturated carbocycles. The fourth-order valence-corrected chi connectivity index (χ4v) is 2.40. The van der Waals surface area contributed by atoms with Crippen molar-refractivity contribution in [2.45, 2.75) is 33.3 Å². The van der Waals surface area contributed by atoms with Crippen molar-refractivity contribution in [3.05, 3.63) is 41.4 Å². The lowest BCUT2D eigenvalue weighted by molar-refractivity contribution is 0.149. The summed E-state index contributed by atoms with van der Waals surface area (Å²) < 4.78 is 24.2. The minimum absolute atomic E-state index is 0.362. The van der Waals surface area contributed by atoms with E-state index >= 15 is 0 Å². The van der Waals surface area contributed by atoms with Gasteiger partial charge < -0.3 is 14.3 Å². The van der Waals surface area contributed by atoms with Gasteiger partial charge in [-0.1, -0.05) is 13.8 Å². The van der Waals surface area contributed by atoms with Crippen LogP contribution in [-0.4, -0.2) is 12.2 Å². The summed E-state index contributed by atoms with van der Waals surface area (Å²) in [5.74, 6) is 1.68. The number of aliphatic hydroxyl groups excluding tert-OH is 1. The van der Waals surface area contributed by atoms with Crippen molar-refractivity contribution in [3.8, 4) is 17.1 Å². The van der Waals surface area contributed by atoms with Crippen LogP contribution >= 0.6 is 0 Å². The number of benzene rings is 1. The van der Waals surface area contributed by atoms with Crippen LogP contribution in [0.2, 0.25) is 0 Å². The van der Waals surface area contributed by atoms with Gasteiger partial charge in [0.2, 0.25) is 0 Å². The summed E-state index contributed by atoms with van der Waals surface area (Å²) in [5, 5.41) is 10.3. The predicted octanol–water partition coefficient (Wildman–Crippen LogP) is 4.48. The predicted molar refractivity (Wildman–Crippen MR) is 79.8 cm³/mol. The molecule has 2 aromatic rings. The highest BCUT2D eigenvalue weighted by atomic mass is 19.1. The van der Waals surface area contributed by atoms with E-state index in [4.69, 9.17) is 9.15 Å². The fraction of sp³-hybridized carbons (Fsp3) is 0.412. The molecular formula is C17H21FO3. The van der Waals surface area contributed by atoms with E-state index in [1.807, 2.05) is 6.92 Å². The zero-order chi connectivity index (χ0) is 15.6. The Morgan fingerprint density at radius 1 is 1.29 bits per heavy atom. The van der Waals surface area contributed by atoms with Gasteiger partial charge in [-0.15, -0.1) is 0 Å². The normalized spacial score (nSPS) is 12.7. The zero-order valence-corrected chi connectivity index (χ0v) is 12.8. The van der Waals surface area contributed by atoms with E-state index in [0.717, 1.165) is 5.56 Å². The molecule has 0 aliphatic rings. The maximum Gasteiger partial charge on any atom is 0.138 e. The van der Waals surface area contributed by atoms with Crippen molar-refractivity contribution < 1.29 is 18.7 Å². The van der Waals surface area contributed by atoms with Gasteiger partial charge in [-0.05, 0) is 37.5 Å². The molecule has 0 amide bonds. The SMILES string of the molecule is COc1cc(F)ccc1-c1cc(C(O)CC(C)C)c(C)o1. The second-order valence-corrected chi connectivity index (χ2v) is 5.61. The Morgan fingerprint density at radius 2 is 2.00 bits per heavy atom. The molecule has 1 aromatic carbocycles. The van der Waals surface area contributed by atoms with Crippen LogP contribution in [0.15, 0.2) is 28.7 Å². The Hall–Kier alpha value is -1.81.